The Balaban J connectivity index is 0. The van der Waals surface area contributed by atoms with Gasteiger partial charge in [0.05, 0.1) is 5.52 Å². The molecule has 0 fully saturated rings. The molecule has 0 spiro atoms. The molecule has 0 aliphatic rings. The van der Waals surface area contributed by atoms with Crippen molar-refractivity contribution in [2.24, 2.45) is 0 Å². The fraction of sp³-hybridized carbons (Fsp3) is 0.111. The number of rotatable bonds is 2. The molecule has 0 atom stereocenters. The van der Waals surface area contributed by atoms with Crippen LogP contribution in [0.3, 0.4) is 0 Å². The van der Waals surface area contributed by atoms with E-state index in [1.807, 2.05) is 68.4 Å². The second-order valence-corrected chi connectivity index (χ2v) is 4.09. The predicted molar refractivity (Wildman–Crippen MR) is 94.0 cm³/mol. The van der Waals surface area contributed by atoms with Gasteiger partial charge in [-0.3, -0.25) is 4.98 Å². The monoisotopic (exact) mass is 568 g/mol. The molecule has 1 aromatic heterocycles. The van der Waals surface area contributed by atoms with Crippen molar-refractivity contribution < 1.29 is 39.3 Å². The van der Waals surface area contributed by atoms with Gasteiger partial charge in [0.25, 0.3) is 0 Å². The maximum absolute atomic E-state index is 5.73. The van der Waals surface area contributed by atoms with Crippen LogP contribution in [0.2, 0.25) is 0 Å². The van der Waals surface area contributed by atoms with E-state index in [9.17, 15) is 0 Å². The summed E-state index contributed by atoms with van der Waals surface area (Å²) >= 11 is 0. The first-order chi connectivity index (χ1) is 9.81. The molecule has 3 rings (SSSR count). The Morgan fingerprint density at radius 3 is 2.22 bits per heavy atom. The third kappa shape index (κ3) is 6.95. The maximum Gasteiger partial charge on any atom is 1.00 e. The van der Waals surface area contributed by atoms with E-state index in [1.54, 1.807) is 6.20 Å². The third-order valence-electron chi connectivity index (χ3n) is 2.70. The average molecular weight is 565 g/mol. The molecule has 0 aliphatic heterocycles. The van der Waals surface area contributed by atoms with Crippen LogP contribution in [0.4, 0.5) is 11.4 Å². The van der Waals surface area contributed by atoms with Gasteiger partial charge in [-0.2, -0.15) is 0 Å². The smallest absolute Gasteiger partial charge is 0.658 e. The Bertz CT molecular complexity index is 693. The van der Waals surface area contributed by atoms with Crippen molar-refractivity contribution in [1.29, 1.82) is 0 Å². The number of para-hydroxylation sites is 1. The standard InChI is InChI=1S/C15H10BN2.C2H6.CH3.Os.Ru/c16-12-8-11-9-14(6-7-15(11)17-10-12)18-13-4-2-1-3-5-13;1-2;;;/h1-10H;1-2H3;1H3;;/q-1;;-1;2*+1. The number of fused-ring (bicyclic) bond motifs is 1. The number of aromatic nitrogens is 1. The summed E-state index contributed by atoms with van der Waals surface area (Å²) < 4.78 is 0. The van der Waals surface area contributed by atoms with E-state index in [1.165, 1.54) is 0 Å². The van der Waals surface area contributed by atoms with Gasteiger partial charge in [-0.15, -0.1) is 11.4 Å². The summed E-state index contributed by atoms with van der Waals surface area (Å²) in [7, 11) is 5.73. The van der Waals surface area contributed by atoms with Crippen LogP contribution in [0.15, 0.2) is 60.8 Å². The van der Waals surface area contributed by atoms with Crippen molar-refractivity contribution in [2.75, 3.05) is 0 Å². The number of nitrogens with zero attached hydrogens (tertiary/aromatic N) is 2. The molecular formula is C18H19BN2OsRu. The third-order valence-corrected chi connectivity index (χ3v) is 2.70. The zero-order valence-corrected chi connectivity index (χ0v) is 17.7. The summed E-state index contributed by atoms with van der Waals surface area (Å²) in [6, 6.07) is 17.7. The minimum Gasteiger partial charge on any atom is -0.658 e. The minimum absolute atomic E-state index is 0. The number of hydrogen-bond donors (Lipinski definition) is 0. The number of pyridine rings is 1. The van der Waals surface area contributed by atoms with E-state index >= 15 is 0 Å². The number of hydrogen-bond acceptors (Lipinski definition) is 1. The largest absolute Gasteiger partial charge is 1.00 e. The number of benzene rings is 2. The summed E-state index contributed by atoms with van der Waals surface area (Å²) in [6.07, 6.45) is 1.66. The Hall–Kier alpha value is -1.03. The van der Waals surface area contributed by atoms with E-state index in [4.69, 9.17) is 7.85 Å². The fourth-order valence-electron chi connectivity index (χ4n) is 1.86. The molecule has 120 valence electrons. The molecule has 0 aliphatic carbocycles. The van der Waals surface area contributed by atoms with Crippen molar-refractivity contribution >= 4 is 35.6 Å². The van der Waals surface area contributed by atoms with Gasteiger partial charge in [-0.25, -0.2) is 0 Å². The van der Waals surface area contributed by atoms with Gasteiger partial charge in [-0.05, 0) is 11.5 Å². The molecule has 4 radical (unpaired) electrons. The maximum atomic E-state index is 5.73. The molecule has 0 saturated heterocycles. The second kappa shape index (κ2) is 12.4. The van der Waals surface area contributed by atoms with Crippen LogP contribution in [0.25, 0.3) is 16.2 Å². The SMILES string of the molecule is CC.[B]c1cnc2ccc([N-]c3ccccc3)cc2c1.[CH3-].[Os+].[Ru+]. The van der Waals surface area contributed by atoms with E-state index in [-0.39, 0.29) is 46.7 Å². The van der Waals surface area contributed by atoms with Crippen LogP contribution in [0, 0.1) is 7.43 Å². The van der Waals surface area contributed by atoms with Crippen molar-refractivity contribution in [3.05, 3.63) is 73.5 Å². The average Bonchev–Trinajstić information content (AvgIpc) is 2.50. The molecule has 0 bridgehead atoms. The topological polar surface area (TPSA) is 27.0 Å². The zero-order valence-electron chi connectivity index (χ0n) is 13.5. The molecule has 23 heavy (non-hydrogen) atoms. The van der Waals surface area contributed by atoms with Gasteiger partial charge in [0.2, 0.25) is 0 Å². The van der Waals surface area contributed by atoms with Crippen LogP contribution in [0.1, 0.15) is 13.8 Å². The summed E-state index contributed by atoms with van der Waals surface area (Å²) in [5.74, 6) is 0. The molecule has 1 heterocycles. The van der Waals surface area contributed by atoms with Gasteiger partial charge in [0.1, 0.15) is 7.85 Å². The van der Waals surface area contributed by atoms with Crippen molar-refractivity contribution in [3.8, 4) is 0 Å². The second-order valence-electron chi connectivity index (χ2n) is 4.09. The Kier molecular flexibility index (Phi) is 13.1. The zero-order chi connectivity index (χ0) is 14.4. The molecule has 0 saturated carbocycles. The van der Waals surface area contributed by atoms with Gasteiger partial charge in [-0.1, -0.05) is 67.8 Å². The molecule has 0 N–H and O–H groups in total. The Labute approximate surface area is 166 Å². The summed E-state index contributed by atoms with van der Waals surface area (Å²) in [5, 5.41) is 5.56. The molecular weight excluding hydrogens is 546 g/mol. The van der Waals surface area contributed by atoms with E-state index in [0.29, 0.717) is 5.46 Å². The molecule has 2 aromatic carbocycles. The molecule has 0 unspecified atom stereocenters. The van der Waals surface area contributed by atoms with E-state index < -0.39 is 0 Å². The van der Waals surface area contributed by atoms with Crippen LogP contribution < -0.4 is 5.46 Å². The van der Waals surface area contributed by atoms with Crippen LogP contribution in [-0.4, -0.2) is 12.8 Å². The van der Waals surface area contributed by atoms with Gasteiger partial charge >= 0.3 is 39.3 Å². The van der Waals surface area contributed by atoms with Crippen LogP contribution in [-0.2, 0) is 39.3 Å². The Morgan fingerprint density at radius 1 is 0.913 bits per heavy atom. The first kappa shape index (κ1) is 24.2. The van der Waals surface area contributed by atoms with Crippen molar-refractivity contribution in [3.63, 3.8) is 0 Å². The minimum atomic E-state index is 0. The summed E-state index contributed by atoms with van der Waals surface area (Å²) in [6.45, 7) is 4.00. The van der Waals surface area contributed by atoms with E-state index in [2.05, 4.69) is 10.3 Å². The quantitative estimate of drug-likeness (QED) is 0.323. The first-order valence-corrected chi connectivity index (χ1v) is 6.73. The Morgan fingerprint density at radius 2 is 1.57 bits per heavy atom. The van der Waals surface area contributed by atoms with Gasteiger partial charge < -0.3 is 12.7 Å². The van der Waals surface area contributed by atoms with Crippen LogP contribution in [0.5, 0.6) is 0 Å². The van der Waals surface area contributed by atoms with E-state index in [0.717, 1.165) is 22.3 Å². The first-order valence-electron chi connectivity index (χ1n) is 6.73. The molecule has 0 amide bonds. The normalized spacial score (nSPS) is 8.43. The van der Waals surface area contributed by atoms with Gasteiger partial charge in [0.15, 0.2) is 0 Å². The fourth-order valence-corrected chi connectivity index (χ4v) is 1.86. The molecule has 3 aromatic rings. The summed E-state index contributed by atoms with van der Waals surface area (Å²) in [4.78, 5) is 4.26. The predicted octanol–water partition coefficient (Wildman–Crippen LogP) is 4.84. The van der Waals surface area contributed by atoms with Gasteiger partial charge in [0, 0.05) is 6.20 Å². The molecule has 5 heteroatoms. The van der Waals surface area contributed by atoms with Crippen LogP contribution >= 0.6 is 0 Å². The molecule has 2 nitrogen and oxygen atoms in total. The van der Waals surface area contributed by atoms with Crippen molar-refractivity contribution in [2.45, 2.75) is 13.8 Å². The van der Waals surface area contributed by atoms with Crippen molar-refractivity contribution in [1.82, 2.24) is 4.98 Å². The summed E-state index contributed by atoms with van der Waals surface area (Å²) in [5.41, 5.74) is 3.44.